The predicted molar refractivity (Wildman–Crippen MR) is 73.1 cm³/mol. The number of carbonyl (C=O) groups excluding carboxylic acids is 1. The molecule has 2 atom stereocenters. The molecule has 0 aliphatic rings. The molecule has 100 valence electrons. The van der Waals surface area contributed by atoms with Gasteiger partial charge in [0.2, 0.25) is 0 Å². The van der Waals surface area contributed by atoms with Crippen LogP contribution in [0.15, 0.2) is 18.2 Å². The summed E-state index contributed by atoms with van der Waals surface area (Å²) >= 11 is 11.7. The quantitative estimate of drug-likeness (QED) is 0.682. The molecule has 5 nitrogen and oxygen atoms in total. The van der Waals surface area contributed by atoms with Crippen molar-refractivity contribution in [1.82, 2.24) is 5.32 Å². The minimum atomic E-state index is -0.694. The fourth-order valence-corrected chi connectivity index (χ4v) is 1.48. The maximum atomic E-state index is 11.5. The van der Waals surface area contributed by atoms with E-state index in [4.69, 9.17) is 34.0 Å². The van der Waals surface area contributed by atoms with Crippen molar-refractivity contribution in [3.63, 3.8) is 0 Å². The van der Waals surface area contributed by atoms with E-state index >= 15 is 0 Å². The monoisotopic (exact) mass is 291 g/mol. The number of aliphatic hydroxyl groups excluding tert-OH is 1. The second-order valence-corrected chi connectivity index (χ2v) is 4.71. The van der Waals surface area contributed by atoms with Crippen molar-refractivity contribution < 1.29 is 9.90 Å². The third-order valence-electron chi connectivity index (χ3n) is 2.29. The van der Waals surface area contributed by atoms with Gasteiger partial charge in [0.15, 0.2) is 0 Å². The van der Waals surface area contributed by atoms with E-state index in [1.165, 1.54) is 6.07 Å². The summed E-state index contributed by atoms with van der Waals surface area (Å²) in [6, 6.07) is 3.76. The lowest BCUT2D eigenvalue weighted by Crippen LogP contribution is -2.44. The molecular formula is C11H15Cl2N3O2. The number of anilines is 1. The van der Waals surface area contributed by atoms with Crippen LogP contribution < -0.4 is 16.4 Å². The van der Waals surface area contributed by atoms with Crippen LogP contribution in [0.1, 0.15) is 6.92 Å². The van der Waals surface area contributed by atoms with Gasteiger partial charge in [0.05, 0.1) is 16.8 Å². The number of hydrogen-bond acceptors (Lipinski definition) is 3. The molecular weight excluding hydrogens is 277 g/mol. The maximum absolute atomic E-state index is 11.5. The number of rotatable bonds is 4. The lowest BCUT2D eigenvalue weighted by Gasteiger charge is -2.16. The second-order valence-electron chi connectivity index (χ2n) is 3.86. The number of nitrogens with one attached hydrogen (secondary N) is 2. The fraction of sp³-hybridized carbons (Fsp3) is 0.364. The Kier molecular flexibility index (Phi) is 5.68. The Balaban J connectivity index is 2.52. The first-order valence-electron chi connectivity index (χ1n) is 5.33. The van der Waals surface area contributed by atoms with Crippen LogP contribution in [-0.2, 0) is 0 Å². The van der Waals surface area contributed by atoms with Gasteiger partial charge in [-0.05, 0) is 25.1 Å². The minimum absolute atomic E-state index is 0.154. The summed E-state index contributed by atoms with van der Waals surface area (Å²) in [5, 5.41) is 15.1. The van der Waals surface area contributed by atoms with E-state index in [9.17, 15) is 4.79 Å². The molecule has 7 heteroatoms. The van der Waals surface area contributed by atoms with Crippen LogP contribution in [0.25, 0.3) is 0 Å². The highest BCUT2D eigenvalue weighted by molar-refractivity contribution is 6.35. The van der Waals surface area contributed by atoms with Crippen molar-refractivity contribution in [3.8, 4) is 0 Å². The topological polar surface area (TPSA) is 87.4 Å². The van der Waals surface area contributed by atoms with Crippen LogP contribution in [0, 0.1) is 0 Å². The summed E-state index contributed by atoms with van der Waals surface area (Å²) < 4.78 is 0. The molecule has 0 fully saturated rings. The normalized spacial score (nSPS) is 13.8. The molecule has 0 bridgehead atoms. The third-order valence-corrected chi connectivity index (χ3v) is 2.86. The fourth-order valence-electron chi connectivity index (χ4n) is 1.14. The number of aliphatic hydroxyl groups is 1. The zero-order valence-electron chi connectivity index (χ0n) is 9.78. The first-order chi connectivity index (χ1) is 8.40. The summed E-state index contributed by atoms with van der Waals surface area (Å²) in [5.41, 5.74) is 5.98. The van der Waals surface area contributed by atoms with E-state index < -0.39 is 18.2 Å². The van der Waals surface area contributed by atoms with E-state index in [1.54, 1.807) is 19.1 Å². The average Bonchev–Trinajstić information content (AvgIpc) is 2.30. The Labute approximate surface area is 115 Å². The molecule has 0 heterocycles. The van der Waals surface area contributed by atoms with E-state index in [0.29, 0.717) is 15.7 Å². The highest BCUT2D eigenvalue weighted by Crippen LogP contribution is 2.25. The molecule has 0 saturated carbocycles. The number of hydrogen-bond donors (Lipinski definition) is 4. The van der Waals surface area contributed by atoms with Gasteiger partial charge in [-0.15, -0.1) is 0 Å². The molecule has 18 heavy (non-hydrogen) atoms. The molecule has 1 aromatic rings. The van der Waals surface area contributed by atoms with Gasteiger partial charge in [0.1, 0.15) is 0 Å². The van der Waals surface area contributed by atoms with Gasteiger partial charge in [0, 0.05) is 17.6 Å². The van der Waals surface area contributed by atoms with Crippen molar-refractivity contribution in [2.24, 2.45) is 5.73 Å². The van der Waals surface area contributed by atoms with Crippen LogP contribution in [0.4, 0.5) is 10.5 Å². The van der Waals surface area contributed by atoms with Crippen LogP contribution in [0.2, 0.25) is 10.0 Å². The van der Waals surface area contributed by atoms with Gasteiger partial charge in [-0.3, -0.25) is 0 Å². The number of halogens is 2. The largest absolute Gasteiger partial charge is 0.392 e. The van der Waals surface area contributed by atoms with Crippen LogP contribution in [0.3, 0.4) is 0 Å². The second kappa shape index (κ2) is 6.80. The Morgan fingerprint density at radius 3 is 2.78 bits per heavy atom. The van der Waals surface area contributed by atoms with Crippen LogP contribution in [0.5, 0.6) is 0 Å². The average molecular weight is 292 g/mol. The van der Waals surface area contributed by atoms with E-state index in [0.717, 1.165) is 0 Å². The molecule has 1 aromatic carbocycles. The molecule has 1 rings (SSSR count). The van der Waals surface area contributed by atoms with Crippen LogP contribution >= 0.6 is 23.2 Å². The standard InChI is InChI=1S/C11H15Cl2N3O2/c1-6(17)9(14)5-15-11(18)16-10-4-7(12)2-3-8(10)13/h2-4,6,9,17H,5,14H2,1H3,(H2,15,16,18). The van der Waals surface area contributed by atoms with Crippen molar-refractivity contribution >= 4 is 34.9 Å². The minimum Gasteiger partial charge on any atom is -0.392 e. The Hall–Kier alpha value is -1.01. The molecule has 0 aromatic heterocycles. The molecule has 0 aliphatic carbocycles. The van der Waals surface area contributed by atoms with Gasteiger partial charge in [0.25, 0.3) is 0 Å². The summed E-state index contributed by atoms with van der Waals surface area (Å²) in [7, 11) is 0. The molecule has 0 aliphatic heterocycles. The van der Waals surface area contributed by atoms with Gasteiger partial charge in [-0.2, -0.15) is 0 Å². The van der Waals surface area contributed by atoms with Crippen LogP contribution in [-0.4, -0.2) is 29.8 Å². The Morgan fingerprint density at radius 2 is 2.17 bits per heavy atom. The Morgan fingerprint density at radius 1 is 1.50 bits per heavy atom. The molecule has 2 unspecified atom stereocenters. The molecule has 0 radical (unpaired) electrons. The zero-order valence-corrected chi connectivity index (χ0v) is 11.3. The zero-order chi connectivity index (χ0) is 13.7. The predicted octanol–water partition coefficient (Wildman–Crippen LogP) is 1.82. The maximum Gasteiger partial charge on any atom is 0.319 e. The van der Waals surface area contributed by atoms with Gasteiger partial charge in [-0.25, -0.2) is 4.79 Å². The lowest BCUT2D eigenvalue weighted by molar-refractivity contribution is 0.162. The number of amides is 2. The molecule has 0 spiro atoms. The summed E-state index contributed by atoms with van der Waals surface area (Å²) in [6.45, 7) is 1.71. The van der Waals surface area contributed by atoms with E-state index in [1.807, 2.05) is 0 Å². The van der Waals surface area contributed by atoms with E-state index in [-0.39, 0.29) is 6.54 Å². The number of urea groups is 1. The Bertz CT molecular complexity index is 427. The summed E-state index contributed by atoms with van der Waals surface area (Å²) in [4.78, 5) is 11.5. The number of benzene rings is 1. The van der Waals surface area contributed by atoms with Gasteiger partial charge in [-0.1, -0.05) is 23.2 Å². The lowest BCUT2D eigenvalue weighted by atomic mass is 10.2. The van der Waals surface area contributed by atoms with E-state index in [2.05, 4.69) is 10.6 Å². The van der Waals surface area contributed by atoms with Gasteiger partial charge >= 0.3 is 6.03 Å². The van der Waals surface area contributed by atoms with Crippen molar-refractivity contribution in [2.75, 3.05) is 11.9 Å². The van der Waals surface area contributed by atoms with Crippen molar-refractivity contribution in [3.05, 3.63) is 28.2 Å². The first kappa shape index (κ1) is 15.0. The molecule has 5 N–H and O–H groups in total. The molecule has 0 saturated heterocycles. The first-order valence-corrected chi connectivity index (χ1v) is 6.09. The third kappa shape index (κ3) is 4.70. The number of carbonyl (C=O) groups is 1. The van der Waals surface area contributed by atoms with Crippen molar-refractivity contribution in [1.29, 1.82) is 0 Å². The molecule has 2 amide bonds. The SMILES string of the molecule is CC(O)C(N)CNC(=O)Nc1cc(Cl)ccc1Cl. The highest BCUT2D eigenvalue weighted by atomic mass is 35.5. The summed E-state index contributed by atoms with van der Waals surface area (Å²) in [6.07, 6.45) is -0.694. The smallest absolute Gasteiger partial charge is 0.319 e. The summed E-state index contributed by atoms with van der Waals surface area (Å²) in [5.74, 6) is 0. The van der Waals surface area contributed by atoms with Crippen molar-refractivity contribution in [2.45, 2.75) is 19.1 Å². The van der Waals surface area contributed by atoms with Gasteiger partial charge < -0.3 is 21.5 Å². The highest BCUT2D eigenvalue weighted by Gasteiger charge is 2.11. The number of nitrogens with two attached hydrogens (primary N) is 1.